The van der Waals surface area contributed by atoms with Crippen LogP contribution in [0.3, 0.4) is 0 Å². The number of hydrogen-bond acceptors (Lipinski definition) is 6. The summed E-state index contributed by atoms with van der Waals surface area (Å²) < 4.78 is 7.19. The molecule has 0 bridgehead atoms. The van der Waals surface area contributed by atoms with Gasteiger partial charge >= 0.3 is 0 Å². The van der Waals surface area contributed by atoms with Crippen molar-refractivity contribution in [2.24, 2.45) is 0 Å². The molecule has 1 aliphatic rings. The number of aliphatic hydroxyl groups excluding tert-OH is 2. The topological polar surface area (TPSA) is 126 Å². The lowest BCUT2D eigenvalue weighted by Crippen LogP contribution is -2.41. The highest BCUT2D eigenvalue weighted by Crippen LogP contribution is 2.37. The first-order valence-electron chi connectivity index (χ1n) is 6.31. The molecule has 0 unspecified atom stereocenters. The third-order valence-corrected chi connectivity index (χ3v) is 3.70. The summed E-state index contributed by atoms with van der Waals surface area (Å²) in [5.74, 6) is 2.27. The molecule has 2 aromatic heterocycles. The van der Waals surface area contributed by atoms with Crippen molar-refractivity contribution in [2.75, 3.05) is 12.3 Å². The molecular formula is C13H14N4O4. The van der Waals surface area contributed by atoms with Crippen molar-refractivity contribution in [3.8, 4) is 12.3 Å². The SMILES string of the molecule is C#C[C@]1(CO)O[C@@H](n2ccc3c(=O)[nH]c(N)nc32)C[C@@H]1O. The Balaban J connectivity index is 2.07. The zero-order chi connectivity index (χ0) is 15.2. The Kier molecular flexibility index (Phi) is 2.98. The zero-order valence-electron chi connectivity index (χ0n) is 11.0. The molecular weight excluding hydrogens is 276 g/mol. The summed E-state index contributed by atoms with van der Waals surface area (Å²) in [4.78, 5) is 18.3. The molecule has 1 aliphatic heterocycles. The van der Waals surface area contributed by atoms with Crippen LogP contribution in [-0.4, -0.2) is 43.1 Å². The van der Waals surface area contributed by atoms with E-state index in [9.17, 15) is 15.0 Å². The summed E-state index contributed by atoms with van der Waals surface area (Å²) in [5, 5.41) is 19.8. The molecule has 0 spiro atoms. The predicted octanol–water partition coefficient (Wildman–Crippen LogP) is -1.05. The van der Waals surface area contributed by atoms with Crippen molar-refractivity contribution in [1.82, 2.24) is 14.5 Å². The van der Waals surface area contributed by atoms with Gasteiger partial charge in [-0.2, -0.15) is 4.98 Å². The Hall–Kier alpha value is -2.34. The number of H-pyrrole nitrogens is 1. The van der Waals surface area contributed by atoms with Crippen LogP contribution >= 0.6 is 0 Å². The van der Waals surface area contributed by atoms with Crippen molar-refractivity contribution in [3.63, 3.8) is 0 Å². The molecule has 0 aliphatic carbocycles. The van der Waals surface area contributed by atoms with E-state index in [0.717, 1.165) is 0 Å². The maximum Gasteiger partial charge on any atom is 0.261 e. The summed E-state index contributed by atoms with van der Waals surface area (Å²) in [6.45, 7) is -0.503. The predicted molar refractivity (Wildman–Crippen MR) is 74.2 cm³/mol. The van der Waals surface area contributed by atoms with Crippen LogP contribution in [0.4, 0.5) is 5.95 Å². The van der Waals surface area contributed by atoms with E-state index >= 15 is 0 Å². The second-order valence-corrected chi connectivity index (χ2v) is 4.93. The summed E-state index contributed by atoms with van der Waals surface area (Å²) >= 11 is 0. The Bertz CT molecular complexity index is 790. The molecule has 8 nitrogen and oxygen atoms in total. The number of hydrogen-bond donors (Lipinski definition) is 4. The number of nitrogens with zero attached hydrogens (tertiary/aromatic N) is 2. The normalized spacial score (nSPS) is 28.8. The van der Waals surface area contributed by atoms with E-state index in [0.29, 0.717) is 11.0 Å². The van der Waals surface area contributed by atoms with E-state index in [1.807, 2.05) is 0 Å². The third-order valence-electron chi connectivity index (χ3n) is 3.70. The molecule has 0 aromatic carbocycles. The highest BCUT2D eigenvalue weighted by atomic mass is 16.6. The molecule has 110 valence electrons. The minimum absolute atomic E-state index is 0.0173. The van der Waals surface area contributed by atoms with Gasteiger partial charge in [0.25, 0.3) is 5.56 Å². The van der Waals surface area contributed by atoms with Crippen molar-refractivity contribution in [2.45, 2.75) is 24.4 Å². The van der Waals surface area contributed by atoms with Crippen molar-refractivity contribution in [1.29, 1.82) is 0 Å². The van der Waals surface area contributed by atoms with Gasteiger partial charge in [-0.05, 0) is 6.07 Å². The van der Waals surface area contributed by atoms with Crippen LogP contribution in [0.2, 0.25) is 0 Å². The van der Waals surface area contributed by atoms with Crippen LogP contribution in [0.25, 0.3) is 11.0 Å². The molecule has 5 N–H and O–H groups in total. The van der Waals surface area contributed by atoms with Gasteiger partial charge in [-0.1, -0.05) is 5.92 Å². The number of nitrogens with one attached hydrogen (secondary N) is 1. The van der Waals surface area contributed by atoms with E-state index in [-0.39, 0.29) is 17.9 Å². The number of nitrogens with two attached hydrogens (primary N) is 1. The summed E-state index contributed by atoms with van der Waals surface area (Å²) in [6.07, 6.45) is 5.46. The van der Waals surface area contributed by atoms with Gasteiger partial charge in [0.05, 0.1) is 12.0 Å². The largest absolute Gasteiger partial charge is 0.392 e. The van der Waals surface area contributed by atoms with Crippen molar-refractivity contribution in [3.05, 3.63) is 22.6 Å². The van der Waals surface area contributed by atoms with E-state index < -0.39 is 24.5 Å². The minimum atomic E-state index is -1.45. The molecule has 2 aromatic rings. The molecule has 1 fully saturated rings. The fourth-order valence-electron chi connectivity index (χ4n) is 2.53. The van der Waals surface area contributed by atoms with Crippen LogP contribution in [0.15, 0.2) is 17.1 Å². The van der Waals surface area contributed by atoms with Crippen LogP contribution in [0.5, 0.6) is 0 Å². The van der Waals surface area contributed by atoms with Gasteiger partial charge < -0.3 is 25.3 Å². The number of ether oxygens (including phenoxy) is 1. The van der Waals surface area contributed by atoms with Crippen molar-refractivity contribution < 1.29 is 14.9 Å². The van der Waals surface area contributed by atoms with Gasteiger partial charge in [0.1, 0.15) is 12.3 Å². The maximum absolute atomic E-state index is 11.8. The molecule has 0 radical (unpaired) electrons. The average Bonchev–Trinajstić information content (AvgIpc) is 3.00. The van der Waals surface area contributed by atoms with Gasteiger partial charge in [0.2, 0.25) is 5.95 Å². The molecule has 8 heteroatoms. The highest BCUT2D eigenvalue weighted by Gasteiger charge is 2.47. The van der Waals surface area contributed by atoms with Crippen LogP contribution in [0.1, 0.15) is 12.6 Å². The van der Waals surface area contributed by atoms with Gasteiger partial charge in [-0.3, -0.25) is 9.78 Å². The standard InChI is InChI=1S/C13H14N4O4/c1-2-13(6-18)8(19)5-9(21-13)17-4-3-7-10(17)15-12(14)16-11(7)20/h1,3-4,8-9,18-19H,5-6H2,(H3,14,15,16,20)/t8-,9+,13+/m0/s1. The Morgan fingerprint density at radius 2 is 2.48 bits per heavy atom. The number of aliphatic hydroxyl groups is 2. The van der Waals surface area contributed by atoms with Gasteiger partial charge in [0.15, 0.2) is 11.2 Å². The number of fused-ring (bicyclic) bond motifs is 1. The first-order chi connectivity index (χ1) is 10.0. The van der Waals surface area contributed by atoms with E-state index in [1.165, 1.54) is 0 Å². The molecule has 3 heterocycles. The lowest BCUT2D eigenvalue weighted by Gasteiger charge is -2.23. The first-order valence-corrected chi connectivity index (χ1v) is 6.31. The molecule has 21 heavy (non-hydrogen) atoms. The summed E-state index contributed by atoms with van der Waals surface area (Å²) in [5.41, 5.74) is 4.06. The second kappa shape index (κ2) is 4.60. The number of aromatic amines is 1. The summed E-state index contributed by atoms with van der Waals surface area (Å²) in [6, 6.07) is 1.57. The lowest BCUT2D eigenvalue weighted by molar-refractivity contribution is -0.0890. The third kappa shape index (κ3) is 1.91. The Morgan fingerprint density at radius 3 is 3.10 bits per heavy atom. The van der Waals surface area contributed by atoms with E-state index in [4.69, 9.17) is 16.9 Å². The van der Waals surface area contributed by atoms with E-state index in [1.54, 1.807) is 16.8 Å². The van der Waals surface area contributed by atoms with Crippen LogP contribution in [-0.2, 0) is 4.74 Å². The molecule has 3 rings (SSSR count). The smallest absolute Gasteiger partial charge is 0.261 e. The number of terminal acetylenes is 1. The molecule has 0 amide bonds. The first kappa shape index (κ1) is 13.6. The maximum atomic E-state index is 11.8. The number of nitrogen functional groups attached to an aromatic ring is 1. The number of rotatable bonds is 2. The molecule has 3 atom stereocenters. The van der Waals surface area contributed by atoms with Crippen LogP contribution < -0.4 is 11.3 Å². The monoisotopic (exact) mass is 290 g/mol. The summed E-state index contributed by atoms with van der Waals surface area (Å²) in [7, 11) is 0. The Morgan fingerprint density at radius 1 is 1.71 bits per heavy atom. The van der Waals surface area contributed by atoms with Crippen LogP contribution in [0, 0.1) is 12.3 Å². The van der Waals surface area contributed by atoms with Gasteiger partial charge in [0, 0.05) is 12.6 Å². The fourth-order valence-corrected chi connectivity index (χ4v) is 2.53. The lowest BCUT2D eigenvalue weighted by atomic mass is 9.99. The Labute approximate surface area is 119 Å². The van der Waals surface area contributed by atoms with Gasteiger partial charge in [-0.15, -0.1) is 6.42 Å². The second-order valence-electron chi connectivity index (χ2n) is 4.93. The van der Waals surface area contributed by atoms with Crippen molar-refractivity contribution >= 4 is 17.0 Å². The number of anilines is 1. The van der Waals surface area contributed by atoms with Gasteiger partial charge in [-0.25, -0.2) is 0 Å². The molecule has 1 saturated heterocycles. The molecule has 0 saturated carbocycles. The van der Waals surface area contributed by atoms with E-state index in [2.05, 4.69) is 15.9 Å². The highest BCUT2D eigenvalue weighted by molar-refractivity contribution is 5.76. The number of aromatic nitrogens is 3. The fraction of sp³-hybridized carbons (Fsp3) is 0.385. The average molecular weight is 290 g/mol. The zero-order valence-corrected chi connectivity index (χ0v) is 11.0. The minimum Gasteiger partial charge on any atom is -0.392 e. The quantitative estimate of drug-likeness (QED) is 0.523.